The molecule has 9 heteroatoms. The Hall–Kier alpha value is -1.71. The Morgan fingerprint density at radius 2 is 1.96 bits per heavy atom. The highest BCUT2D eigenvalue weighted by Crippen LogP contribution is 2.27. The third kappa shape index (κ3) is 3.80. The summed E-state index contributed by atoms with van der Waals surface area (Å²) in [6.07, 6.45) is 1.08. The average molecular weight is 354 g/mol. The zero-order valence-electron chi connectivity index (χ0n) is 12.9. The summed E-state index contributed by atoms with van der Waals surface area (Å²) in [5.41, 5.74) is 1.28. The predicted octanol–water partition coefficient (Wildman–Crippen LogP) is 1.06. The van der Waals surface area contributed by atoms with Crippen LogP contribution in [0, 0.1) is 0 Å². The summed E-state index contributed by atoms with van der Waals surface area (Å²) in [7, 11) is -1.31. The zero-order valence-corrected chi connectivity index (χ0v) is 14.6. The van der Waals surface area contributed by atoms with Crippen LogP contribution in [0.1, 0.15) is 10.4 Å². The number of hydrogen-bond acceptors (Lipinski definition) is 6. The smallest absolute Gasteiger partial charge is 0.253 e. The molecule has 0 radical (unpaired) electrons. The number of anilines is 1. The third-order valence-corrected chi connectivity index (χ3v) is 5.33. The van der Waals surface area contributed by atoms with E-state index in [1.165, 1.54) is 11.3 Å². The Kier molecular flexibility index (Phi) is 4.26. The van der Waals surface area contributed by atoms with E-state index in [1.807, 2.05) is 11.9 Å². The van der Waals surface area contributed by atoms with Gasteiger partial charge in [-0.1, -0.05) is 11.3 Å². The molecule has 0 spiro atoms. The van der Waals surface area contributed by atoms with Gasteiger partial charge in [0.25, 0.3) is 5.91 Å². The first-order chi connectivity index (χ1) is 10.8. The highest BCUT2D eigenvalue weighted by molar-refractivity contribution is 7.92. The van der Waals surface area contributed by atoms with Crippen molar-refractivity contribution in [1.82, 2.24) is 14.8 Å². The lowest BCUT2D eigenvalue weighted by atomic mass is 10.1. The molecular weight excluding hydrogens is 336 g/mol. The third-order valence-electron chi connectivity index (χ3n) is 3.70. The molecule has 1 amide bonds. The largest absolute Gasteiger partial charge is 0.336 e. The summed E-state index contributed by atoms with van der Waals surface area (Å²) in [5.74, 6) is 0.00558. The summed E-state index contributed by atoms with van der Waals surface area (Å²) < 4.78 is 25.7. The highest BCUT2D eigenvalue weighted by Gasteiger charge is 2.21. The van der Waals surface area contributed by atoms with E-state index in [4.69, 9.17) is 0 Å². The Morgan fingerprint density at radius 1 is 1.26 bits per heavy atom. The van der Waals surface area contributed by atoms with Crippen LogP contribution >= 0.6 is 11.3 Å². The number of aromatic nitrogens is 1. The van der Waals surface area contributed by atoms with Crippen molar-refractivity contribution in [2.45, 2.75) is 0 Å². The van der Waals surface area contributed by atoms with Gasteiger partial charge in [-0.05, 0) is 25.2 Å². The van der Waals surface area contributed by atoms with Crippen LogP contribution in [0.25, 0.3) is 10.2 Å². The van der Waals surface area contributed by atoms with Gasteiger partial charge >= 0.3 is 0 Å². The van der Waals surface area contributed by atoms with Gasteiger partial charge < -0.3 is 9.80 Å². The quantitative estimate of drug-likeness (QED) is 0.891. The summed E-state index contributed by atoms with van der Waals surface area (Å²) in [4.78, 5) is 20.8. The molecule has 1 aliphatic heterocycles. The highest BCUT2D eigenvalue weighted by atomic mass is 32.2. The number of fused-ring (bicyclic) bond motifs is 1. The van der Waals surface area contributed by atoms with Crippen molar-refractivity contribution < 1.29 is 13.2 Å². The van der Waals surface area contributed by atoms with Crippen molar-refractivity contribution in [2.75, 3.05) is 44.2 Å². The van der Waals surface area contributed by atoms with Crippen LogP contribution in [-0.4, -0.2) is 68.6 Å². The van der Waals surface area contributed by atoms with Gasteiger partial charge in [-0.25, -0.2) is 13.4 Å². The number of likely N-dealkylation sites (N-methyl/N-ethyl adjacent to an activating group) is 1. The average Bonchev–Trinajstić information content (AvgIpc) is 2.86. The number of rotatable bonds is 3. The van der Waals surface area contributed by atoms with Crippen molar-refractivity contribution in [3.05, 3.63) is 23.8 Å². The number of hydrogen-bond donors (Lipinski definition) is 1. The maximum absolute atomic E-state index is 12.6. The van der Waals surface area contributed by atoms with Crippen LogP contribution < -0.4 is 4.72 Å². The molecule has 2 aromatic rings. The Bertz CT molecular complexity index is 839. The molecule has 1 saturated heterocycles. The first kappa shape index (κ1) is 16.2. The number of benzene rings is 1. The maximum Gasteiger partial charge on any atom is 0.253 e. The monoisotopic (exact) mass is 354 g/mol. The molecule has 2 heterocycles. The predicted molar refractivity (Wildman–Crippen MR) is 91.5 cm³/mol. The second-order valence-electron chi connectivity index (χ2n) is 5.67. The van der Waals surface area contributed by atoms with E-state index in [-0.39, 0.29) is 5.91 Å². The van der Waals surface area contributed by atoms with Crippen molar-refractivity contribution in [2.24, 2.45) is 0 Å². The minimum Gasteiger partial charge on any atom is -0.336 e. The van der Waals surface area contributed by atoms with Crippen molar-refractivity contribution >= 4 is 42.6 Å². The fraction of sp³-hybridized carbons (Fsp3) is 0.429. The minimum atomic E-state index is -3.36. The molecule has 124 valence electrons. The molecule has 3 rings (SSSR count). The molecule has 0 unspecified atom stereocenters. The van der Waals surface area contributed by atoms with Gasteiger partial charge in [0, 0.05) is 31.7 Å². The van der Waals surface area contributed by atoms with E-state index in [1.54, 1.807) is 18.2 Å². The number of thiazole rings is 1. The number of amides is 1. The molecule has 1 N–H and O–H groups in total. The molecule has 23 heavy (non-hydrogen) atoms. The Balaban J connectivity index is 1.83. The molecule has 0 bridgehead atoms. The van der Waals surface area contributed by atoms with Crippen molar-refractivity contribution in [3.8, 4) is 0 Å². The Labute approximate surface area is 139 Å². The summed E-state index contributed by atoms with van der Waals surface area (Å²) in [5, 5.41) is 0.312. The molecule has 1 aromatic carbocycles. The van der Waals surface area contributed by atoms with Crippen LogP contribution in [0.2, 0.25) is 0 Å². The first-order valence-electron chi connectivity index (χ1n) is 7.18. The van der Waals surface area contributed by atoms with Gasteiger partial charge in [0.1, 0.15) is 0 Å². The van der Waals surface area contributed by atoms with E-state index in [0.29, 0.717) is 16.2 Å². The fourth-order valence-corrected chi connectivity index (χ4v) is 4.19. The molecule has 7 nitrogen and oxygen atoms in total. The molecule has 0 aliphatic carbocycles. The number of nitrogens with zero attached hydrogens (tertiary/aromatic N) is 3. The van der Waals surface area contributed by atoms with E-state index < -0.39 is 10.0 Å². The number of sulfonamides is 1. The lowest BCUT2D eigenvalue weighted by Gasteiger charge is -2.32. The van der Waals surface area contributed by atoms with Crippen LogP contribution in [0.15, 0.2) is 18.2 Å². The number of carbonyl (C=O) groups is 1. The minimum absolute atomic E-state index is 0.00558. The standard InChI is InChI=1S/C14H18N4O3S2/c1-17-5-7-18(8-6-17)13(19)10-3-4-11-12(9-10)22-14(15-11)16-23(2,20)21/h3-4,9H,5-8H2,1-2H3,(H,15,16). The van der Waals surface area contributed by atoms with E-state index in [0.717, 1.165) is 37.1 Å². The second-order valence-corrected chi connectivity index (χ2v) is 8.45. The lowest BCUT2D eigenvalue weighted by Crippen LogP contribution is -2.47. The van der Waals surface area contributed by atoms with Crippen molar-refractivity contribution in [1.29, 1.82) is 0 Å². The van der Waals surface area contributed by atoms with Crippen LogP contribution in [-0.2, 0) is 10.0 Å². The summed E-state index contributed by atoms with van der Waals surface area (Å²) >= 11 is 1.22. The topological polar surface area (TPSA) is 82.6 Å². The Morgan fingerprint density at radius 3 is 2.61 bits per heavy atom. The van der Waals surface area contributed by atoms with Gasteiger partial charge in [-0.2, -0.15) is 0 Å². The second kappa shape index (κ2) is 6.06. The summed E-state index contributed by atoms with van der Waals surface area (Å²) in [6, 6.07) is 5.27. The molecule has 1 aromatic heterocycles. The molecule has 1 fully saturated rings. The SMILES string of the molecule is CN1CCN(C(=O)c2ccc3nc(NS(C)(=O)=O)sc3c2)CC1. The van der Waals surface area contributed by atoms with Crippen molar-refractivity contribution in [3.63, 3.8) is 0 Å². The lowest BCUT2D eigenvalue weighted by molar-refractivity contribution is 0.0664. The van der Waals surface area contributed by atoms with Crippen LogP contribution in [0.4, 0.5) is 5.13 Å². The van der Waals surface area contributed by atoms with Gasteiger partial charge in [0.15, 0.2) is 5.13 Å². The molecular formula is C14H18N4O3S2. The number of piperazine rings is 1. The molecule has 1 aliphatic rings. The van der Waals surface area contributed by atoms with E-state index in [2.05, 4.69) is 14.6 Å². The first-order valence-corrected chi connectivity index (χ1v) is 9.89. The van der Waals surface area contributed by atoms with Gasteiger partial charge in [0.05, 0.1) is 16.5 Å². The fourth-order valence-electron chi connectivity index (χ4n) is 2.45. The maximum atomic E-state index is 12.6. The molecule has 0 saturated carbocycles. The zero-order chi connectivity index (χ0) is 16.6. The van der Waals surface area contributed by atoms with E-state index >= 15 is 0 Å². The van der Waals surface area contributed by atoms with Gasteiger partial charge in [-0.15, -0.1) is 0 Å². The number of carbonyl (C=O) groups excluding carboxylic acids is 1. The number of nitrogens with one attached hydrogen (secondary N) is 1. The van der Waals surface area contributed by atoms with E-state index in [9.17, 15) is 13.2 Å². The van der Waals surface area contributed by atoms with Gasteiger partial charge in [0.2, 0.25) is 10.0 Å². The van der Waals surface area contributed by atoms with Gasteiger partial charge in [-0.3, -0.25) is 9.52 Å². The normalized spacial score (nSPS) is 16.7. The van der Waals surface area contributed by atoms with Crippen LogP contribution in [0.5, 0.6) is 0 Å². The van der Waals surface area contributed by atoms with Crippen LogP contribution in [0.3, 0.4) is 0 Å². The summed E-state index contributed by atoms with van der Waals surface area (Å²) in [6.45, 7) is 3.18. The molecule has 0 atom stereocenters.